The van der Waals surface area contributed by atoms with E-state index in [9.17, 15) is 9.90 Å². The van der Waals surface area contributed by atoms with Crippen molar-refractivity contribution in [1.82, 2.24) is 4.90 Å². The van der Waals surface area contributed by atoms with Gasteiger partial charge in [0.25, 0.3) is 0 Å². The van der Waals surface area contributed by atoms with Crippen molar-refractivity contribution in [3.8, 4) is 0 Å². The van der Waals surface area contributed by atoms with Crippen LogP contribution in [-0.2, 0) is 4.79 Å². The maximum atomic E-state index is 11.3. The second kappa shape index (κ2) is 6.15. The Kier molecular flexibility index (Phi) is 4.71. The number of carbonyl (C=O) groups is 1. The lowest BCUT2D eigenvalue weighted by Gasteiger charge is -2.40. The Bertz CT molecular complexity index is 464. The van der Waals surface area contributed by atoms with Crippen LogP contribution in [0.25, 0.3) is 0 Å². The van der Waals surface area contributed by atoms with E-state index in [2.05, 4.69) is 24.0 Å². The summed E-state index contributed by atoms with van der Waals surface area (Å²) in [6, 6.07) is 8.34. The van der Waals surface area contributed by atoms with E-state index in [1.165, 1.54) is 5.56 Å². The van der Waals surface area contributed by atoms with Gasteiger partial charge in [-0.05, 0) is 57.0 Å². The summed E-state index contributed by atoms with van der Waals surface area (Å²) in [5, 5.41) is 10.0. The zero-order valence-corrected chi connectivity index (χ0v) is 12.9. The molecule has 1 aromatic carbocycles. The number of aliphatic carboxylic acids is 1. The fourth-order valence-electron chi connectivity index (χ4n) is 2.93. The number of hydrogen-bond acceptors (Lipinski definition) is 2. The second-order valence-electron chi connectivity index (χ2n) is 5.88. The predicted molar refractivity (Wildman–Crippen MR) is 81.0 cm³/mol. The maximum Gasteiger partial charge on any atom is 0.309 e. The number of carboxylic acids is 1. The SMILES string of the molecule is CCC(c1ccc(Cl)cc1)N1CCC(C)(C(=O)O)CC1. The molecule has 0 aromatic heterocycles. The Morgan fingerprint density at radius 1 is 1.35 bits per heavy atom. The molecule has 1 N–H and O–H groups in total. The molecular weight excluding hydrogens is 274 g/mol. The molecule has 1 aliphatic heterocycles. The van der Waals surface area contributed by atoms with Gasteiger partial charge in [-0.2, -0.15) is 0 Å². The zero-order chi connectivity index (χ0) is 14.8. The van der Waals surface area contributed by atoms with E-state index in [-0.39, 0.29) is 0 Å². The molecule has 0 amide bonds. The Morgan fingerprint density at radius 3 is 2.35 bits per heavy atom. The molecule has 1 unspecified atom stereocenters. The number of benzene rings is 1. The van der Waals surface area contributed by atoms with E-state index in [1.807, 2.05) is 19.1 Å². The minimum atomic E-state index is -0.670. The van der Waals surface area contributed by atoms with E-state index in [0.29, 0.717) is 18.9 Å². The fourth-order valence-corrected chi connectivity index (χ4v) is 3.06. The largest absolute Gasteiger partial charge is 0.481 e. The molecule has 1 aliphatic rings. The van der Waals surface area contributed by atoms with Crippen molar-refractivity contribution in [2.24, 2.45) is 5.41 Å². The van der Waals surface area contributed by atoms with Crippen molar-refractivity contribution in [3.63, 3.8) is 0 Å². The zero-order valence-electron chi connectivity index (χ0n) is 12.1. The number of nitrogens with zero attached hydrogens (tertiary/aromatic N) is 1. The highest BCUT2D eigenvalue weighted by Crippen LogP contribution is 2.36. The lowest BCUT2D eigenvalue weighted by molar-refractivity contribution is -0.151. The van der Waals surface area contributed by atoms with Crippen LogP contribution in [0.2, 0.25) is 5.02 Å². The summed E-state index contributed by atoms with van der Waals surface area (Å²) in [6.45, 7) is 5.70. The average Bonchev–Trinajstić information content (AvgIpc) is 2.43. The quantitative estimate of drug-likeness (QED) is 0.913. The van der Waals surface area contributed by atoms with E-state index < -0.39 is 11.4 Å². The number of piperidine rings is 1. The van der Waals surface area contributed by atoms with Gasteiger partial charge in [-0.25, -0.2) is 0 Å². The van der Waals surface area contributed by atoms with Gasteiger partial charge in [0.2, 0.25) is 0 Å². The van der Waals surface area contributed by atoms with Crippen molar-refractivity contribution < 1.29 is 9.90 Å². The molecule has 1 aromatic rings. The molecule has 20 heavy (non-hydrogen) atoms. The Labute approximate surface area is 125 Å². The first-order valence-corrected chi connectivity index (χ1v) is 7.57. The van der Waals surface area contributed by atoms with Crippen molar-refractivity contribution in [3.05, 3.63) is 34.9 Å². The van der Waals surface area contributed by atoms with E-state index in [1.54, 1.807) is 0 Å². The Balaban J connectivity index is 2.07. The van der Waals surface area contributed by atoms with Crippen LogP contribution in [0.3, 0.4) is 0 Å². The Morgan fingerprint density at radius 2 is 1.90 bits per heavy atom. The van der Waals surface area contributed by atoms with Gasteiger partial charge in [0.15, 0.2) is 0 Å². The van der Waals surface area contributed by atoms with Crippen LogP contribution in [-0.4, -0.2) is 29.1 Å². The van der Waals surface area contributed by atoms with Crippen LogP contribution in [0.1, 0.15) is 44.7 Å². The van der Waals surface area contributed by atoms with E-state index >= 15 is 0 Å². The number of hydrogen-bond donors (Lipinski definition) is 1. The first-order chi connectivity index (χ1) is 9.46. The number of rotatable bonds is 4. The molecule has 2 rings (SSSR count). The van der Waals surface area contributed by atoms with Gasteiger partial charge in [-0.15, -0.1) is 0 Å². The summed E-state index contributed by atoms with van der Waals surface area (Å²) in [7, 11) is 0. The highest BCUT2D eigenvalue weighted by atomic mass is 35.5. The molecule has 3 nitrogen and oxygen atoms in total. The molecule has 110 valence electrons. The molecule has 1 fully saturated rings. The molecule has 1 atom stereocenters. The average molecular weight is 296 g/mol. The highest BCUT2D eigenvalue weighted by Gasteiger charge is 2.38. The smallest absolute Gasteiger partial charge is 0.309 e. The molecular formula is C16H22ClNO2. The molecule has 0 bridgehead atoms. The summed E-state index contributed by atoms with van der Waals surface area (Å²) < 4.78 is 0. The third-order valence-corrected chi connectivity index (χ3v) is 4.75. The number of carboxylic acid groups (broad SMARTS) is 1. The van der Waals surface area contributed by atoms with Gasteiger partial charge in [0.05, 0.1) is 5.41 Å². The summed E-state index contributed by atoms with van der Waals surface area (Å²) in [5.41, 5.74) is 0.699. The van der Waals surface area contributed by atoms with Crippen LogP contribution >= 0.6 is 11.6 Å². The molecule has 0 saturated carbocycles. The predicted octanol–water partition coefficient (Wildman–Crippen LogP) is 3.98. The van der Waals surface area contributed by atoms with Crippen LogP contribution in [0, 0.1) is 5.41 Å². The van der Waals surface area contributed by atoms with Crippen molar-refractivity contribution in [2.45, 2.75) is 39.2 Å². The van der Waals surface area contributed by atoms with Crippen molar-refractivity contribution >= 4 is 17.6 Å². The van der Waals surface area contributed by atoms with Gasteiger partial charge >= 0.3 is 5.97 Å². The van der Waals surface area contributed by atoms with Gasteiger partial charge in [-0.3, -0.25) is 9.69 Å². The van der Waals surface area contributed by atoms with Crippen LogP contribution in [0.4, 0.5) is 0 Å². The molecule has 0 radical (unpaired) electrons. The maximum absolute atomic E-state index is 11.3. The fraction of sp³-hybridized carbons (Fsp3) is 0.562. The van der Waals surface area contributed by atoms with Gasteiger partial charge in [-0.1, -0.05) is 30.7 Å². The number of halogens is 1. The minimum Gasteiger partial charge on any atom is -0.481 e. The van der Waals surface area contributed by atoms with E-state index in [4.69, 9.17) is 11.6 Å². The van der Waals surface area contributed by atoms with Crippen molar-refractivity contribution in [2.75, 3.05) is 13.1 Å². The first kappa shape index (κ1) is 15.3. The van der Waals surface area contributed by atoms with Gasteiger partial charge in [0, 0.05) is 11.1 Å². The Hall–Kier alpha value is -1.06. The summed E-state index contributed by atoms with van der Waals surface area (Å²) in [4.78, 5) is 13.7. The van der Waals surface area contributed by atoms with Gasteiger partial charge < -0.3 is 5.11 Å². The topological polar surface area (TPSA) is 40.5 Å². The molecule has 1 heterocycles. The second-order valence-corrected chi connectivity index (χ2v) is 6.31. The monoisotopic (exact) mass is 295 g/mol. The molecule has 0 aliphatic carbocycles. The third kappa shape index (κ3) is 3.15. The van der Waals surface area contributed by atoms with Crippen molar-refractivity contribution in [1.29, 1.82) is 0 Å². The normalized spacial score (nSPS) is 20.6. The van der Waals surface area contributed by atoms with Gasteiger partial charge in [0.1, 0.15) is 0 Å². The summed E-state index contributed by atoms with van der Waals surface area (Å²) >= 11 is 5.94. The standard InChI is InChI=1S/C16H22ClNO2/c1-3-14(12-4-6-13(17)7-5-12)18-10-8-16(2,9-11-18)15(19)20/h4-7,14H,3,8-11H2,1-2H3,(H,19,20). The number of likely N-dealkylation sites (tertiary alicyclic amines) is 1. The molecule has 1 saturated heterocycles. The lowest BCUT2D eigenvalue weighted by Crippen LogP contribution is -2.44. The van der Waals surface area contributed by atoms with E-state index in [0.717, 1.165) is 24.5 Å². The summed E-state index contributed by atoms with van der Waals surface area (Å²) in [6.07, 6.45) is 2.45. The highest BCUT2D eigenvalue weighted by molar-refractivity contribution is 6.30. The van der Waals surface area contributed by atoms with Crippen LogP contribution in [0.5, 0.6) is 0 Å². The summed E-state index contributed by atoms with van der Waals surface area (Å²) in [5.74, 6) is -0.670. The molecule has 4 heteroatoms. The van der Waals surface area contributed by atoms with Crippen LogP contribution in [0.15, 0.2) is 24.3 Å². The van der Waals surface area contributed by atoms with Crippen LogP contribution < -0.4 is 0 Å². The first-order valence-electron chi connectivity index (χ1n) is 7.19. The lowest BCUT2D eigenvalue weighted by atomic mass is 9.80. The minimum absolute atomic E-state index is 0.352. The molecule has 0 spiro atoms. The third-order valence-electron chi connectivity index (χ3n) is 4.50.